The fraction of sp³-hybridized carbons (Fsp3) is 0.292. The molecule has 0 aliphatic carbocycles. The highest BCUT2D eigenvalue weighted by Crippen LogP contribution is 2.45. The van der Waals surface area contributed by atoms with Gasteiger partial charge in [-0.3, -0.25) is 0 Å². The summed E-state index contributed by atoms with van der Waals surface area (Å²) in [6, 6.07) is 15.2. The standard InChI is InChI=1S/C24H22Cl3NO2/c1-4-29-21-13-24(2,3)30-23-19(21)12-18(14-5-7-15(25)8-6-14)22(28-23)17-10-9-16(26)11-20(17)27/h5-12,21H,4,13H2,1-3H3. The zero-order valence-corrected chi connectivity index (χ0v) is 19.3. The van der Waals surface area contributed by atoms with E-state index in [1.54, 1.807) is 6.07 Å². The van der Waals surface area contributed by atoms with Crippen LogP contribution in [0.5, 0.6) is 5.88 Å². The quantitative estimate of drug-likeness (QED) is 0.393. The van der Waals surface area contributed by atoms with Crippen LogP contribution in [0.1, 0.15) is 38.9 Å². The van der Waals surface area contributed by atoms with Gasteiger partial charge < -0.3 is 9.47 Å². The fourth-order valence-corrected chi connectivity index (χ4v) is 4.39. The molecule has 0 radical (unpaired) electrons. The monoisotopic (exact) mass is 461 g/mol. The van der Waals surface area contributed by atoms with Gasteiger partial charge in [-0.1, -0.05) is 46.9 Å². The molecule has 1 atom stereocenters. The van der Waals surface area contributed by atoms with Gasteiger partial charge in [-0.05, 0) is 62.7 Å². The Morgan fingerprint density at radius 1 is 1.00 bits per heavy atom. The number of benzene rings is 2. The van der Waals surface area contributed by atoms with E-state index in [4.69, 9.17) is 49.3 Å². The molecule has 1 aromatic heterocycles. The van der Waals surface area contributed by atoms with Crippen LogP contribution in [0.25, 0.3) is 22.4 Å². The van der Waals surface area contributed by atoms with E-state index < -0.39 is 0 Å². The SMILES string of the molecule is CCOC1CC(C)(C)Oc2nc(-c3ccc(Cl)cc3Cl)c(-c3ccc(Cl)cc3)cc21. The molecule has 0 fully saturated rings. The average molecular weight is 463 g/mol. The Morgan fingerprint density at radius 3 is 2.37 bits per heavy atom. The van der Waals surface area contributed by atoms with Gasteiger partial charge in [-0.2, -0.15) is 0 Å². The molecular weight excluding hydrogens is 441 g/mol. The molecule has 0 N–H and O–H groups in total. The highest BCUT2D eigenvalue weighted by Gasteiger charge is 2.36. The molecule has 1 unspecified atom stereocenters. The van der Waals surface area contributed by atoms with E-state index in [0.717, 1.165) is 34.4 Å². The Kier molecular flexibility index (Phi) is 6.00. The summed E-state index contributed by atoms with van der Waals surface area (Å²) >= 11 is 18.8. The van der Waals surface area contributed by atoms with Crippen LogP contribution in [0, 0.1) is 0 Å². The van der Waals surface area contributed by atoms with Gasteiger partial charge in [0.05, 0.1) is 16.8 Å². The molecule has 3 nitrogen and oxygen atoms in total. The first-order valence-corrected chi connectivity index (χ1v) is 11.0. The molecular formula is C24H22Cl3NO2. The van der Waals surface area contributed by atoms with Crippen LogP contribution in [0.15, 0.2) is 48.5 Å². The molecule has 1 aliphatic heterocycles. The van der Waals surface area contributed by atoms with Gasteiger partial charge in [-0.25, -0.2) is 4.98 Å². The maximum absolute atomic E-state index is 6.56. The van der Waals surface area contributed by atoms with Crippen molar-refractivity contribution in [3.63, 3.8) is 0 Å². The lowest BCUT2D eigenvalue weighted by Crippen LogP contribution is -2.36. The van der Waals surface area contributed by atoms with Gasteiger partial charge in [0.2, 0.25) is 5.88 Å². The van der Waals surface area contributed by atoms with Crippen LogP contribution in [-0.4, -0.2) is 17.2 Å². The lowest BCUT2D eigenvalue weighted by Gasteiger charge is -2.37. The number of pyridine rings is 1. The van der Waals surface area contributed by atoms with Gasteiger partial charge in [0.25, 0.3) is 0 Å². The van der Waals surface area contributed by atoms with Crippen molar-refractivity contribution in [2.24, 2.45) is 0 Å². The number of ether oxygens (including phenoxy) is 2. The van der Waals surface area contributed by atoms with Crippen molar-refractivity contribution >= 4 is 34.8 Å². The predicted molar refractivity (Wildman–Crippen MR) is 124 cm³/mol. The fourth-order valence-electron chi connectivity index (χ4n) is 3.77. The minimum Gasteiger partial charge on any atom is -0.471 e. The second kappa shape index (κ2) is 8.39. The predicted octanol–water partition coefficient (Wildman–Crippen LogP) is 8.01. The molecule has 0 amide bonds. The summed E-state index contributed by atoms with van der Waals surface area (Å²) in [5.41, 5.74) is 3.98. The molecule has 2 aromatic carbocycles. The van der Waals surface area contributed by atoms with E-state index >= 15 is 0 Å². The first kappa shape index (κ1) is 21.5. The Balaban J connectivity index is 1.97. The van der Waals surface area contributed by atoms with Crippen molar-refractivity contribution in [2.45, 2.75) is 38.9 Å². The maximum Gasteiger partial charge on any atom is 0.220 e. The average Bonchev–Trinajstić information content (AvgIpc) is 2.67. The molecule has 2 heterocycles. The third-order valence-electron chi connectivity index (χ3n) is 5.12. The molecule has 0 saturated heterocycles. The molecule has 0 bridgehead atoms. The highest BCUT2D eigenvalue weighted by molar-refractivity contribution is 6.36. The lowest BCUT2D eigenvalue weighted by atomic mass is 9.90. The van der Waals surface area contributed by atoms with Crippen LogP contribution in [0.3, 0.4) is 0 Å². The Bertz CT molecular complexity index is 1080. The third kappa shape index (κ3) is 4.31. The smallest absolute Gasteiger partial charge is 0.220 e. The molecule has 6 heteroatoms. The highest BCUT2D eigenvalue weighted by atomic mass is 35.5. The minimum absolute atomic E-state index is 0.0953. The van der Waals surface area contributed by atoms with Crippen molar-refractivity contribution < 1.29 is 9.47 Å². The summed E-state index contributed by atoms with van der Waals surface area (Å²) in [7, 11) is 0. The van der Waals surface area contributed by atoms with Gasteiger partial charge in [0.1, 0.15) is 5.60 Å². The van der Waals surface area contributed by atoms with Crippen molar-refractivity contribution in [1.82, 2.24) is 4.98 Å². The third-order valence-corrected chi connectivity index (χ3v) is 5.92. The molecule has 156 valence electrons. The van der Waals surface area contributed by atoms with Gasteiger partial charge >= 0.3 is 0 Å². The topological polar surface area (TPSA) is 31.4 Å². The van der Waals surface area contributed by atoms with Gasteiger partial charge in [-0.15, -0.1) is 0 Å². The van der Waals surface area contributed by atoms with Crippen LogP contribution < -0.4 is 4.74 Å². The number of halogens is 3. The second-order valence-electron chi connectivity index (χ2n) is 7.92. The van der Waals surface area contributed by atoms with Gasteiger partial charge in [0.15, 0.2) is 0 Å². The Labute approximate surface area is 191 Å². The van der Waals surface area contributed by atoms with E-state index in [1.807, 2.05) is 57.2 Å². The zero-order valence-electron chi connectivity index (χ0n) is 17.0. The summed E-state index contributed by atoms with van der Waals surface area (Å²) in [6.45, 7) is 6.70. The van der Waals surface area contributed by atoms with Crippen LogP contribution in [0.2, 0.25) is 15.1 Å². The van der Waals surface area contributed by atoms with Crippen molar-refractivity contribution in [3.8, 4) is 28.3 Å². The zero-order chi connectivity index (χ0) is 21.5. The second-order valence-corrected chi connectivity index (χ2v) is 9.20. The molecule has 0 spiro atoms. The van der Waals surface area contributed by atoms with E-state index in [2.05, 4.69) is 6.07 Å². The van der Waals surface area contributed by atoms with Crippen molar-refractivity contribution in [1.29, 1.82) is 0 Å². The Morgan fingerprint density at radius 2 is 1.70 bits per heavy atom. The van der Waals surface area contributed by atoms with Crippen LogP contribution >= 0.6 is 34.8 Å². The summed E-state index contributed by atoms with van der Waals surface area (Å²) in [5.74, 6) is 0.573. The summed E-state index contributed by atoms with van der Waals surface area (Å²) in [4.78, 5) is 4.94. The lowest BCUT2D eigenvalue weighted by molar-refractivity contribution is -0.0302. The molecule has 3 aromatic rings. The number of aromatic nitrogens is 1. The van der Waals surface area contributed by atoms with Crippen LogP contribution in [0.4, 0.5) is 0 Å². The van der Waals surface area contributed by atoms with E-state index in [-0.39, 0.29) is 11.7 Å². The van der Waals surface area contributed by atoms with E-state index in [1.165, 1.54) is 0 Å². The number of fused-ring (bicyclic) bond motifs is 1. The Hall–Kier alpha value is -1.78. The first-order valence-electron chi connectivity index (χ1n) is 9.84. The number of hydrogen-bond donors (Lipinski definition) is 0. The van der Waals surface area contributed by atoms with E-state index in [0.29, 0.717) is 27.6 Å². The summed E-state index contributed by atoms with van der Waals surface area (Å²) < 4.78 is 12.3. The minimum atomic E-state index is -0.386. The maximum atomic E-state index is 6.56. The molecule has 1 aliphatic rings. The van der Waals surface area contributed by atoms with Crippen molar-refractivity contribution in [2.75, 3.05) is 6.61 Å². The summed E-state index contributed by atoms with van der Waals surface area (Å²) in [5, 5.41) is 1.78. The number of nitrogens with zero attached hydrogens (tertiary/aromatic N) is 1. The molecule has 4 rings (SSSR count). The van der Waals surface area contributed by atoms with Gasteiger partial charge in [0, 0.05) is 39.8 Å². The largest absolute Gasteiger partial charge is 0.471 e. The number of rotatable bonds is 4. The molecule has 30 heavy (non-hydrogen) atoms. The number of hydrogen-bond acceptors (Lipinski definition) is 3. The van der Waals surface area contributed by atoms with Crippen LogP contribution in [-0.2, 0) is 4.74 Å². The van der Waals surface area contributed by atoms with Crippen molar-refractivity contribution in [3.05, 3.63) is 69.2 Å². The van der Waals surface area contributed by atoms with E-state index in [9.17, 15) is 0 Å². The summed E-state index contributed by atoms with van der Waals surface area (Å²) in [6.07, 6.45) is 0.651. The first-order chi connectivity index (χ1) is 14.3. The normalized spacial score (nSPS) is 17.3. The molecule has 0 saturated carbocycles.